The Morgan fingerprint density at radius 1 is 0.950 bits per heavy atom. The Balaban J connectivity index is 2.37. The molecule has 1 aliphatic heterocycles. The summed E-state index contributed by atoms with van der Waals surface area (Å²) in [5, 5.41) is 19.4. The molecule has 10 heteroatoms. The van der Waals surface area contributed by atoms with Crippen LogP contribution in [0.3, 0.4) is 0 Å². The molecule has 0 aromatic rings. The summed E-state index contributed by atoms with van der Waals surface area (Å²) >= 11 is 2.27. The molecule has 0 bridgehead atoms. The van der Waals surface area contributed by atoms with Crippen LogP contribution in [0.25, 0.3) is 0 Å². The van der Waals surface area contributed by atoms with E-state index in [4.69, 9.17) is 22.3 Å². The lowest BCUT2D eigenvalue weighted by Crippen LogP contribution is -2.61. The molecule has 112 valence electrons. The molecule has 0 aromatic heterocycles. The maximum Gasteiger partial charge on any atom is 0.243 e. The van der Waals surface area contributed by atoms with Crippen molar-refractivity contribution < 1.29 is 9.59 Å². The predicted octanol–water partition coefficient (Wildman–Crippen LogP) is -0.997. The number of carbonyl (C=O) groups is 2. The molecule has 1 saturated heterocycles. The van der Waals surface area contributed by atoms with Gasteiger partial charge >= 0.3 is 0 Å². The number of nitrogens with one attached hydrogen (secondary N) is 4. The lowest BCUT2D eigenvalue weighted by Gasteiger charge is -2.29. The van der Waals surface area contributed by atoms with Crippen LogP contribution in [0.5, 0.6) is 0 Å². The highest BCUT2D eigenvalue weighted by atomic mass is 32.2. The predicted molar refractivity (Wildman–Crippen MR) is 81.8 cm³/mol. The Morgan fingerprint density at radius 2 is 1.30 bits per heavy atom. The highest BCUT2D eigenvalue weighted by Crippen LogP contribution is 2.11. The number of piperazine rings is 1. The number of carbonyl (C=O) groups excluding carboxylic acids is 2. The van der Waals surface area contributed by atoms with Gasteiger partial charge in [0.25, 0.3) is 0 Å². The molecule has 1 heterocycles. The summed E-state index contributed by atoms with van der Waals surface area (Å²) in [5.74, 6) is 0.537. The Kier molecular flexibility index (Phi) is 6.65. The van der Waals surface area contributed by atoms with Gasteiger partial charge in [0.05, 0.1) is 0 Å². The zero-order valence-corrected chi connectivity index (χ0v) is 12.4. The molecule has 2 amide bonds. The topological polar surface area (TPSA) is 158 Å². The van der Waals surface area contributed by atoms with E-state index in [1.165, 1.54) is 0 Å². The molecule has 0 aromatic carbocycles. The van der Waals surface area contributed by atoms with Crippen LogP contribution < -0.4 is 22.1 Å². The standard InChI is InChI=1S/C10H18N6O2S2/c11-9(12)19-3-1-5-7(17)16-6(8(18)15-5)2-4-20-10(13)14/h5-6H,1-4H2,(H3,11,12)(H3,13,14)(H,15,18)(H,16,17)/t5-,6-/m1/s1. The molecule has 0 unspecified atom stereocenters. The van der Waals surface area contributed by atoms with Gasteiger partial charge in [0.2, 0.25) is 11.8 Å². The van der Waals surface area contributed by atoms with Crippen molar-refractivity contribution in [2.24, 2.45) is 11.5 Å². The largest absolute Gasteiger partial charge is 0.379 e. The van der Waals surface area contributed by atoms with Gasteiger partial charge in [-0.15, -0.1) is 0 Å². The maximum absolute atomic E-state index is 11.8. The fourth-order valence-corrected chi connectivity index (χ4v) is 2.80. The Labute approximate surface area is 125 Å². The van der Waals surface area contributed by atoms with Crippen molar-refractivity contribution in [1.82, 2.24) is 10.6 Å². The number of thioether (sulfide) groups is 2. The van der Waals surface area contributed by atoms with Gasteiger partial charge in [-0.2, -0.15) is 0 Å². The van der Waals surface area contributed by atoms with E-state index in [2.05, 4.69) is 10.6 Å². The minimum Gasteiger partial charge on any atom is -0.379 e. The van der Waals surface area contributed by atoms with Crippen molar-refractivity contribution >= 4 is 45.7 Å². The molecule has 1 fully saturated rings. The van der Waals surface area contributed by atoms with Crippen molar-refractivity contribution in [3.63, 3.8) is 0 Å². The maximum atomic E-state index is 11.8. The van der Waals surface area contributed by atoms with E-state index in [1.807, 2.05) is 0 Å². The molecule has 20 heavy (non-hydrogen) atoms. The average molecular weight is 318 g/mol. The number of nitrogens with two attached hydrogens (primary N) is 2. The van der Waals surface area contributed by atoms with Gasteiger partial charge in [-0.3, -0.25) is 20.4 Å². The molecule has 8 nitrogen and oxygen atoms in total. The second-order valence-corrected chi connectivity index (χ2v) is 6.40. The van der Waals surface area contributed by atoms with Crippen LogP contribution in [-0.2, 0) is 9.59 Å². The number of hydrogen-bond acceptors (Lipinski definition) is 6. The van der Waals surface area contributed by atoms with Crippen LogP contribution in [0.4, 0.5) is 0 Å². The fraction of sp³-hybridized carbons (Fsp3) is 0.600. The van der Waals surface area contributed by atoms with E-state index in [0.717, 1.165) is 23.5 Å². The van der Waals surface area contributed by atoms with Crippen LogP contribution in [0, 0.1) is 10.8 Å². The van der Waals surface area contributed by atoms with Crippen LogP contribution in [0.15, 0.2) is 0 Å². The third kappa shape index (κ3) is 5.70. The van der Waals surface area contributed by atoms with Crippen molar-refractivity contribution in [3.05, 3.63) is 0 Å². The van der Waals surface area contributed by atoms with Crippen molar-refractivity contribution in [2.75, 3.05) is 11.5 Å². The minimum absolute atomic E-state index is 0.00771. The normalized spacial score (nSPS) is 22.0. The first-order chi connectivity index (χ1) is 9.40. The van der Waals surface area contributed by atoms with Crippen molar-refractivity contribution in [1.29, 1.82) is 10.8 Å². The van der Waals surface area contributed by atoms with E-state index >= 15 is 0 Å². The third-order valence-electron chi connectivity index (χ3n) is 2.59. The van der Waals surface area contributed by atoms with Gasteiger partial charge in [0.1, 0.15) is 12.1 Å². The summed E-state index contributed by atoms with van der Waals surface area (Å²) in [5.41, 5.74) is 10.4. The summed E-state index contributed by atoms with van der Waals surface area (Å²) in [7, 11) is 0. The molecule has 1 aliphatic rings. The van der Waals surface area contributed by atoms with E-state index < -0.39 is 12.1 Å². The number of hydrogen-bond donors (Lipinski definition) is 6. The zero-order chi connectivity index (χ0) is 15.1. The lowest BCUT2D eigenvalue weighted by molar-refractivity contribution is -0.136. The second-order valence-electron chi connectivity index (χ2n) is 4.13. The molecule has 8 N–H and O–H groups in total. The Bertz CT molecular complexity index is 379. The molecule has 0 aliphatic carbocycles. The molecular weight excluding hydrogens is 300 g/mol. The van der Waals surface area contributed by atoms with E-state index in [1.54, 1.807) is 0 Å². The Morgan fingerprint density at radius 3 is 1.60 bits per heavy atom. The molecule has 1 rings (SSSR count). The smallest absolute Gasteiger partial charge is 0.243 e. The van der Waals surface area contributed by atoms with Gasteiger partial charge in [0.15, 0.2) is 10.3 Å². The van der Waals surface area contributed by atoms with E-state index in [9.17, 15) is 9.59 Å². The number of rotatable bonds is 6. The lowest BCUT2D eigenvalue weighted by atomic mass is 10.1. The fourth-order valence-electron chi connectivity index (χ4n) is 1.66. The van der Waals surface area contributed by atoms with Gasteiger partial charge < -0.3 is 22.1 Å². The summed E-state index contributed by atoms with van der Waals surface area (Å²) in [6.45, 7) is 0. The second kappa shape index (κ2) is 8.00. The summed E-state index contributed by atoms with van der Waals surface area (Å²) in [6, 6.07) is -1.16. The first kappa shape index (κ1) is 16.6. The van der Waals surface area contributed by atoms with Gasteiger partial charge in [-0.1, -0.05) is 23.5 Å². The average Bonchev–Trinajstić information content (AvgIpc) is 2.33. The third-order valence-corrected chi connectivity index (χ3v) is 4.10. The van der Waals surface area contributed by atoms with Crippen LogP contribution in [0.2, 0.25) is 0 Å². The van der Waals surface area contributed by atoms with Gasteiger partial charge in [-0.25, -0.2) is 0 Å². The quantitative estimate of drug-likeness (QED) is 0.272. The minimum atomic E-state index is -0.578. The first-order valence-electron chi connectivity index (χ1n) is 5.94. The van der Waals surface area contributed by atoms with E-state index in [-0.39, 0.29) is 22.1 Å². The number of amidine groups is 2. The highest BCUT2D eigenvalue weighted by molar-refractivity contribution is 8.13. The highest BCUT2D eigenvalue weighted by Gasteiger charge is 2.32. The van der Waals surface area contributed by atoms with Crippen LogP contribution in [-0.4, -0.2) is 45.7 Å². The molecular formula is C10H18N6O2S2. The SMILES string of the molecule is N=C(N)SCC[C@H]1NC(=O)[C@@H](CCSC(=N)N)NC1=O. The summed E-state index contributed by atoms with van der Waals surface area (Å²) < 4.78 is 0. The van der Waals surface area contributed by atoms with Crippen molar-refractivity contribution in [2.45, 2.75) is 24.9 Å². The summed E-state index contributed by atoms with van der Waals surface area (Å²) in [6.07, 6.45) is 0.855. The van der Waals surface area contributed by atoms with E-state index in [0.29, 0.717) is 24.3 Å². The molecule has 0 saturated carbocycles. The monoisotopic (exact) mass is 318 g/mol. The Hall–Kier alpha value is -1.42. The number of amides is 2. The zero-order valence-electron chi connectivity index (χ0n) is 10.8. The summed E-state index contributed by atoms with van der Waals surface area (Å²) in [4.78, 5) is 23.7. The van der Waals surface area contributed by atoms with Crippen LogP contribution >= 0.6 is 23.5 Å². The van der Waals surface area contributed by atoms with Crippen molar-refractivity contribution in [3.8, 4) is 0 Å². The van der Waals surface area contributed by atoms with Gasteiger partial charge in [-0.05, 0) is 12.8 Å². The molecule has 0 spiro atoms. The van der Waals surface area contributed by atoms with Gasteiger partial charge in [0, 0.05) is 11.5 Å². The first-order valence-corrected chi connectivity index (χ1v) is 7.91. The molecule has 0 radical (unpaired) electrons. The molecule has 2 atom stereocenters. The van der Waals surface area contributed by atoms with Crippen LogP contribution in [0.1, 0.15) is 12.8 Å².